The Kier molecular flexibility index (Phi) is 9.80. The first kappa shape index (κ1) is 25.3. The standard InChI is InChI=1S/C23H41N2O4P/c1-3-19-17-21(22(26)12-8-7-11-18-9-5-4-6-10-18)25-20(19)13-14-23(2,24)15-16-30(27,28)29/h17-18,25H,3-16,24H2,1-2H3,(H2,27,28,29). The Labute approximate surface area is 181 Å². The predicted molar refractivity (Wildman–Crippen MR) is 122 cm³/mol. The summed E-state index contributed by atoms with van der Waals surface area (Å²) < 4.78 is 11.1. The van der Waals surface area contributed by atoms with E-state index in [1.807, 2.05) is 13.0 Å². The second-order valence-electron chi connectivity index (χ2n) is 9.51. The van der Waals surface area contributed by atoms with Gasteiger partial charge in [-0.3, -0.25) is 9.36 Å². The number of unbranched alkanes of at least 4 members (excludes halogenated alkanes) is 1. The first-order valence-electron chi connectivity index (χ1n) is 11.7. The van der Waals surface area contributed by atoms with Gasteiger partial charge in [0.25, 0.3) is 0 Å². The first-order valence-corrected chi connectivity index (χ1v) is 13.5. The minimum atomic E-state index is -4.04. The highest BCUT2D eigenvalue weighted by molar-refractivity contribution is 7.51. The van der Waals surface area contributed by atoms with Crippen LogP contribution < -0.4 is 5.73 Å². The number of Topliss-reactive ketones (excluding diaryl/α,β-unsaturated/α-hetero) is 1. The van der Waals surface area contributed by atoms with E-state index in [0.29, 0.717) is 25.0 Å². The molecular formula is C23H41N2O4P. The minimum absolute atomic E-state index is 0.177. The van der Waals surface area contributed by atoms with Gasteiger partial charge in [0, 0.05) is 17.7 Å². The van der Waals surface area contributed by atoms with Crippen LogP contribution in [0.25, 0.3) is 0 Å². The Morgan fingerprint density at radius 2 is 1.93 bits per heavy atom. The largest absolute Gasteiger partial charge is 0.356 e. The number of nitrogens with two attached hydrogens (primary N) is 1. The molecule has 1 saturated carbocycles. The molecule has 1 aromatic rings. The van der Waals surface area contributed by atoms with Crippen LogP contribution in [0.15, 0.2) is 6.07 Å². The zero-order chi connectivity index (χ0) is 22.2. The summed E-state index contributed by atoms with van der Waals surface area (Å²) in [6.07, 6.45) is 13.0. The number of ketones is 1. The Morgan fingerprint density at radius 1 is 1.23 bits per heavy atom. The molecule has 1 heterocycles. The number of H-pyrrole nitrogens is 1. The quantitative estimate of drug-likeness (QED) is 0.193. The molecule has 0 spiro atoms. The van der Waals surface area contributed by atoms with Crippen LogP contribution in [-0.2, 0) is 17.4 Å². The molecule has 0 saturated heterocycles. The molecule has 0 bridgehead atoms. The molecule has 1 unspecified atom stereocenters. The molecule has 6 nitrogen and oxygen atoms in total. The molecule has 30 heavy (non-hydrogen) atoms. The summed E-state index contributed by atoms with van der Waals surface area (Å²) in [6.45, 7) is 3.90. The lowest BCUT2D eigenvalue weighted by atomic mass is 9.85. The van der Waals surface area contributed by atoms with Crippen molar-refractivity contribution >= 4 is 13.4 Å². The molecule has 0 amide bonds. The number of hydrogen-bond acceptors (Lipinski definition) is 3. The maximum absolute atomic E-state index is 12.6. The van der Waals surface area contributed by atoms with Crippen LogP contribution in [-0.4, -0.2) is 32.3 Å². The van der Waals surface area contributed by atoms with Crippen LogP contribution in [0.2, 0.25) is 0 Å². The average molecular weight is 441 g/mol. The van der Waals surface area contributed by atoms with Gasteiger partial charge >= 0.3 is 7.60 Å². The van der Waals surface area contributed by atoms with Crippen LogP contribution in [0.5, 0.6) is 0 Å². The Balaban J connectivity index is 1.82. The molecule has 1 aliphatic rings. The molecule has 1 aliphatic carbocycles. The molecule has 0 radical (unpaired) electrons. The lowest BCUT2D eigenvalue weighted by Crippen LogP contribution is -2.37. The third-order valence-corrected chi connectivity index (χ3v) is 7.39. The van der Waals surface area contributed by atoms with E-state index in [1.54, 1.807) is 0 Å². The highest BCUT2D eigenvalue weighted by atomic mass is 31.2. The van der Waals surface area contributed by atoms with E-state index in [9.17, 15) is 9.36 Å². The number of nitrogens with one attached hydrogen (secondary N) is 1. The van der Waals surface area contributed by atoms with E-state index < -0.39 is 13.1 Å². The van der Waals surface area contributed by atoms with E-state index in [4.69, 9.17) is 15.5 Å². The molecule has 1 aromatic heterocycles. The van der Waals surface area contributed by atoms with E-state index >= 15 is 0 Å². The summed E-state index contributed by atoms with van der Waals surface area (Å²) >= 11 is 0. The maximum Gasteiger partial charge on any atom is 0.325 e. The Morgan fingerprint density at radius 3 is 2.57 bits per heavy atom. The van der Waals surface area contributed by atoms with Crippen molar-refractivity contribution in [2.24, 2.45) is 11.7 Å². The fraction of sp³-hybridized carbons (Fsp3) is 0.783. The number of carbonyl (C=O) groups is 1. The van der Waals surface area contributed by atoms with Gasteiger partial charge in [-0.1, -0.05) is 51.9 Å². The number of aromatic amines is 1. The number of rotatable bonds is 13. The molecule has 7 heteroatoms. The van der Waals surface area contributed by atoms with Crippen LogP contribution in [0.3, 0.4) is 0 Å². The molecule has 5 N–H and O–H groups in total. The molecule has 0 aromatic carbocycles. The van der Waals surface area contributed by atoms with Gasteiger partial charge in [0.1, 0.15) is 0 Å². The van der Waals surface area contributed by atoms with Gasteiger partial charge in [-0.15, -0.1) is 0 Å². The summed E-state index contributed by atoms with van der Waals surface area (Å²) in [6, 6.07) is 1.97. The fourth-order valence-corrected chi connectivity index (χ4v) is 5.30. The molecule has 172 valence electrons. The van der Waals surface area contributed by atoms with Crippen LogP contribution >= 0.6 is 7.60 Å². The highest BCUT2D eigenvalue weighted by Gasteiger charge is 2.24. The lowest BCUT2D eigenvalue weighted by molar-refractivity contribution is 0.0974. The van der Waals surface area contributed by atoms with Crippen LogP contribution in [0.4, 0.5) is 0 Å². The summed E-state index contributed by atoms with van der Waals surface area (Å²) in [4.78, 5) is 34.1. The second-order valence-corrected chi connectivity index (χ2v) is 11.3. The van der Waals surface area contributed by atoms with Gasteiger partial charge in [-0.25, -0.2) is 0 Å². The van der Waals surface area contributed by atoms with Crippen molar-refractivity contribution in [2.45, 2.75) is 103 Å². The minimum Gasteiger partial charge on any atom is -0.356 e. The van der Waals surface area contributed by atoms with E-state index in [1.165, 1.54) is 38.5 Å². The van der Waals surface area contributed by atoms with Gasteiger partial charge in [0.2, 0.25) is 0 Å². The topological polar surface area (TPSA) is 116 Å². The summed E-state index contributed by atoms with van der Waals surface area (Å²) in [7, 11) is -4.04. The van der Waals surface area contributed by atoms with Crippen molar-refractivity contribution in [3.63, 3.8) is 0 Å². The molecular weight excluding hydrogens is 399 g/mol. The number of aromatic nitrogens is 1. The molecule has 1 fully saturated rings. The fourth-order valence-electron chi connectivity index (χ4n) is 4.49. The normalized spacial score (nSPS) is 17.8. The predicted octanol–water partition coefficient (Wildman–Crippen LogP) is 5.12. The number of aryl methyl sites for hydroxylation is 2. The summed E-state index contributed by atoms with van der Waals surface area (Å²) in [5.41, 5.74) is 8.44. The smallest absolute Gasteiger partial charge is 0.325 e. The number of carbonyl (C=O) groups excluding carboxylic acids is 1. The number of hydrogen-bond donors (Lipinski definition) is 4. The monoisotopic (exact) mass is 440 g/mol. The van der Waals surface area contributed by atoms with Crippen LogP contribution in [0, 0.1) is 5.92 Å². The van der Waals surface area contributed by atoms with Gasteiger partial charge < -0.3 is 20.5 Å². The highest BCUT2D eigenvalue weighted by Crippen LogP contribution is 2.37. The van der Waals surface area contributed by atoms with E-state index in [0.717, 1.165) is 36.4 Å². The summed E-state index contributed by atoms with van der Waals surface area (Å²) in [5, 5.41) is 0. The lowest BCUT2D eigenvalue weighted by Gasteiger charge is -2.24. The van der Waals surface area contributed by atoms with E-state index in [2.05, 4.69) is 11.9 Å². The third-order valence-electron chi connectivity index (χ3n) is 6.58. The first-order chi connectivity index (χ1) is 14.1. The molecule has 2 rings (SSSR count). The van der Waals surface area contributed by atoms with Gasteiger partial charge in [0.15, 0.2) is 5.78 Å². The van der Waals surface area contributed by atoms with Crippen molar-refractivity contribution in [3.8, 4) is 0 Å². The summed E-state index contributed by atoms with van der Waals surface area (Å²) in [5.74, 6) is 1.05. The molecule has 0 aliphatic heterocycles. The third kappa shape index (κ3) is 9.05. The molecule has 1 atom stereocenters. The van der Waals surface area contributed by atoms with E-state index in [-0.39, 0.29) is 18.4 Å². The Bertz CT molecular complexity index is 717. The Hall–Kier alpha value is -0.940. The van der Waals surface area contributed by atoms with Crippen molar-refractivity contribution in [3.05, 3.63) is 23.0 Å². The maximum atomic E-state index is 12.6. The zero-order valence-electron chi connectivity index (χ0n) is 18.8. The van der Waals surface area contributed by atoms with Crippen molar-refractivity contribution in [2.75, 3.05) is 6.16 Å². The van der Waals surface area contributed by atoms with Gasteiger partial charge in [0.05, 0.1) is 11.9 Å². The van der Waals surface area contributed by atoms with Crippen LogP contribution in [0.1, 0.15) is 106 Å². The van der Waals surface area contributed by atoms with Crippen molar-refractivity contribution < 1.29 is 19.1 Å². The van der Waals surface area contributed by atoms with Gasteiger partial charge in [-0.2, -0.15) is 0 Å². The van der Waals surface area contributed by atoms with Crippen molar-refractivity contribution in [1.82, 2.24) is 4.98 Å². The van der Waals surface area contributed by atoms with Crippen molar-refractivity contribution in [1.29, 1.82) is 0 Å². The second kappa shape index (κ2) is 11.6. The SMILES string of the molecule is CCc1cc(C(=O)CCCCC2CCCCC2)[nH]c1CCC(C)(N)CCP(=O)(O)O. The van der Waals surface area contributed by atoms with Gasteiger partial charge in [-0.05, 0) is 56.6 Å². The average Bonchev–Trinajstić information content (AvgIpc) is 3.12. The zero-order valence-corrected chi connectivity index (χ0v) is 19.7.